The van der Waals surface area contributed by atoms with Crippen molar-refractivity contribution < 1.29 is 19.1 Å². The van der Waals surface area contributed by atoms with Gasteiger partial charge in [-0.3, -0.25) is 4.79 Å². The number of rotatable bonds is 5. The van der Waals surface area contributed by atoms with Gasteiger partial charge in [0.2, 0.25) is 0 Å². The maximum absolute atomic E-state index is 13.6. The molecule has 1 atom stereocenters. The molecule has 1 aromatic rings. The molecule has 0 aliphatic rings. The van der Waals surface area contributed by atoms with E-state index in [1.807, 2.05) is 13.2 Å². The molecular weight excluding hydrogens is 257 g/mol. The molecule has 0 radical (unpaired) electrons. The van der Waals surface area contributed by atoms with E-state index in [-0.39, 0.29) is 17.2 Å². The lowest BCUT2D eigenvalue weighted by Crippen LogP contribution is -2.34. The first-order valence-electron chi connectivity index (χ1n) is 5.28. The van der Waals surface area contributed by atoms with E-state index in [9.17, 15) is 14.0 Å². The fourth-order valence-corrected chi connectivity index (χ4v) is 2.01. The molecule has 0 aliphatic carbocycles. The third kappa shape index (κ3) is 3.73. The van der Waals surface area contributed by atoms with Crippen LogP contribution in [0.25, 0.3) is 0 Å². The topological polar surface area (TPSA) is 66.4 Å². The van der Waals surface area contributed by atoms with Crippen molar-refractivity contribution in [1.29, 1.82) is 0 Å². The molecular formula is C12H14FNO3S. The van der Waals surface area contributed by atoms with E-state index in [0.717, 1.165) is 11.8 Å². The lowest BCUT2D eigenvalue weighted by molar-refractivity contribution is 0.0695. The number of hydrogen-bond acceptors (Lipinski definition) is 3. The van der Waals surface area contributed by atoms with Crippen molar-refractivity contribution >= 4 is 23.6 Å². The lowest BCUT2D eigenvalue weighted by atomic mass is 10.1. The first kappa shape index (κ1) is 14.5. The van der Waals surface area contributed by atoms with Crippen LogP contribution in [0.15, 0.2) is 18.2 Å². The summed E-state index contributed by atoms with van der Waals surface area (Å²) >= 11 is 1.57. The summed E-state index contributed by atoms with van der Waals surface area (Å²) in [5.74, 6) is -1.87. The molecule has 98 valence electrons. The summed E-state index contributed by atoms with van der Waals surface area (Å²) in [4.78, 5) is 22.4. The highest BCUT2D eigenvalue weighted by Crippen LogP contribution is 2.11. The third-order valence-electron chi connectivity index (χ3n) is 2.25. The molecule has 0 saturated carbocycles. The Morgan fingerprint density at radius 1 is 1.50 bits per heavy atom. The number of carboxylic acids is 1. The highest BCUT2D eigenvalue weighted by Gasteiger charge is 2.15. The number of carboxylic acid groups (broad SMARTS) is 1. The number of hydrogen-bond donors (Lipinski definition) is 2. The molecule has 0 bridgehead atoms. The number of halogens is 1. The van der Waals surface area contributed by atoms with Crippen LogP contribution in [0.2, 0.25) is 0 Å². The predicted octanol–water partition coefficient (Wildman–Crippen LogP) is 2.01. The highest BCUT2D eigenvalue weighted by molar-refractivity contribution is 7.98. The van der Waals surface area contributed by atoms with Crippen LogP contribution in [-0.2, 0) is 0 Å². The highest BCUT2D eigenvalue weighted by atomic mass is 32.2. The van der Waals surface area contributed by atoms with Crippen LogP contribution in [0.4, 0.5) is 4.39 Å². The SMILES string of the molecule is CSCC(C)NC(=O)c1ccc(C(=O)O)cc1F. The zero-order valence-corrected chi connectivity index (χ0v) is 10.9. The molecule has 0 saturated heterocycles. The normalized spacial score (nSPS) is 11.9. The van der Waals surface area contributed by atoms with E-state index in [1.165, 1.54) is 12.1 Å². The van der Waals surface area contributed by atoms with Crippen molar-refractivity contribution in [1.82, 2.24) is 5.32 Å². The molecule has 1 unspecified atom stereocenters. The molecule has 0 aliphatic heterocycles. The summed E-state index contributed by atoms with van der Waals surface area (Å²) in [5, 5.41) is 11.3. The van der Waals surface area contributed by atoms with Crippen molar-refractivity contribution in [2.75, 3.05) is 12.0 Å². The standard InChI is InChI=1S/C12H14FNO3S/c1-7(6-18-2)14-11(15)9-4-3-8(12(16)17)5-10(9)13/h3-5,7H,6H2,1-2H3,(H,14,15)(H,16,17). The number of aromatic carboxylic acids is 1. The molecule has 1 aromatic carbocycles. The maximum atomic E-state index is 13.6. The Kier molecular flexibility index (Phi) is 5.15. The lowest BCUT2D eigenvalue weighted by Gasteiger charge is -2.12. The van der Waals surface area contributed by atoms with E-state index in [2.05, 4.69) is 5.32 Å². The second-order valence-corrected chi connectivity index (χ2v) is 4.74. The fraction of sp³-hybridized carbons (Fsp3) is 0.333. The van der Waals surface area contributed by atoms with Crippen LogP contribution in [0, 0.1) is 5.82 Å². The van der Waals surface area contributed by atoms with Gasteiger partial charge in [0.1, 0.15) is 5.82 Å². The van der Waals surface area contributed by atoms with Gasteiger partial charge in [-0.25, -0.2) is 9.18 Å². The van der Waals surface area contributed by atoms with Crippen LogP contribution < -0.4 is 5.32 Å². The number of amides is 1. The van der Waals surface area contributed by atoms with E-state index in [1.54, 1.807) is 11.8 Å². The average molecular weight is 271 g/mol. The van der Waals surface area contributed by atoms with Crippen molar-refractivity contribution in [3.8, 4) is 0 Å². The summed E-state index contributed by atoms with van der Waals surface area (Å²) in [6.45, 7) is 1.82. The zero-order valence-electron chi connectivity index (χ0n) is 10.1. The largest absolute Gasteiger partial charge is 0.478 e. The van der Waals surface area contributed by atoms with Crippen molar-refractivity contribution in [3.05, 3.63) is 35.1 Å². The third-order valence-corrected chi connectivity index (χ3v) is 3.09. The second kappa shape index (κ2) is 6.39. The Labute approximate surface area is 109 Å². The van der Waals surface area contributed by atoms with Crippen LogP contribution >= 0.6 is 11.8 Å². The maximum Gasteiger partial charge on any atom is 0.335 e. The molecule has 18 heavy (non-hydrogen) atoms. The van der Waals surface area contributed by atoms with Crippen LogP contribution in [0.1, 0.15) is 27.6 Å². The zero-order chi connectivity index (χ0) is 13.7. The Balaban J connectivity index is 2.84. The summed E-state index contributed by atoms with van der Waals surface area (Å²) in [5.41, 5.74) is -0.325. The Morgan fingerprint density at radius 3 is 2.67 bits per heavy atom. The monoisotopic (exact) mass is 271 g/mol. The molecule has 0 fully saturated rings. The Morgan fingerprint density at radius 2 is 2.17 bits per heavy atom. The van der Waals surface area contributed by atoms with Crippen molar-refractivity contribution in [2.45, 2.75) is 13.0 Å². The van der Waals surface area contributed by atoms with E-state index < -0.39 is 17.7 Å². The van der Waals surface area contributed by atoms with Gasteiger partial charge in [-0.1, -0.05) is 0 Å². The minimum atomic E-state index is -1.23. The Hall–Kier alpha value is -1.56. The van der Waals surface area contributed by atoms with Gasteiger partial charge in [-0.2, -0.15) is 11.8 Å². The first-order chi connectivity index (χ1) is 8.45. The molecule has 4 nitrogen and oxygen atoms in total. The summed E-state index contributed by atoms with van der Waals surface area (Å²) in [6.07, 6.45) is 1.91. The molecule has 6 heteroatoms. The number of carbonyl (C=O) groups is 2. The summed E-state index contributed by atoms with van der Waals surface area (Å²) < 4.78 is 13.6. The van der Waals surface area contributed by atoms with Gasteiger partial charge in [0.25, 0.3) is 5.91 Å². The van der Waals surface area contributed by atoms with Crippen molar-refractivity contribution in [3.63, 3.8) is 0 Å². The van der Waals surface area contributed by atoms with Crippen LogP contribution in [0.3, 0.4) is 0 Å². The molecule has 0 spiro atoms. The average Bonchev–Trinajstić information content (AvgIpc) is 2.28. The number of benzene rings is 1. The van der Waals surface area contributed by atoms with Gasteiger partial charge in [-0.05, 0) is 31.4 Å². The Bertz CT molecular complexity index is 465. The molecule has 1 amide bonds. The van der Waals surface area contributed by atoms with Gasteiger partial charge in [0.15, 0.2) is 0 Å². The second-order valence-electron chi connectivity index (χ2n) is 3.83. The van der Waals surface area contributed by atoms with Gasteiger partial charge in [0.05, 0.1) is 11.1 Å². The van der Waals surface area contributed by atoms with Gasteiger partial charge < -0.3 is 10.4 Å². The predicted molar refractivity (Wildman–Crippen MR) is 68.7 cm³/mol. The van der Waals surface area contributed by atoms with Crippen molar-refractivity contribution in [2.24, 2.45) is 0 Å². The first-order valence-corrected chi connectivity index (χ1v) is 6.67. The van der Waals surface area contributed by atoms with Crippen LogP contribution in [-0.4, -0.2) is 35.0 Å². The number of thioether (sulfide) groups is 1. The smallest absolute Gasteiger partial charge is 0.335 e. The molecule has 2 N–H and O–H groups in total. The molecule has 0 aromatic heterocycles. The van der Waals surface area contributed by atoms with Gasteiger partial charge in [-0.15, -0.1) is 0 Å². The molecule has 0 heterocycles. The van der Waals surface area contributed by atoms with Crippen LogP contribution in [0.5, 0.6) is 0 Å². The quantitative estimate of drug-likeness (QED) is 0.859. The minimum absolute atomic E-state index is 0.0777. The van der Waals surface area contributed by atoms with E-state index in [0.29, 0.717) is 0 Å². The fourth-order valence-electron chi connectivity index (χ4n) is 1.43. The van der Waals surface area contributed by atoms with Gasteiger partial charge >= 0.3 is 5.97 Å². The summed E-state index contributed by atoms with van der Waals surface area (Å²) in [7, 11) is 0. The molecule has 1 rings (SSSR count). The number of nitrogens with one attached hydrogen (secondary N) is 1. The van der Waals surface area contributed by atoms with E-state index in [4.69, 9.17) is 5.11 Å². The number of carbonyl (C=O) groups excluding carboxylic acids is 1. The minimum Gasteiger partial charge on any atom is -0.478 e. The van der Waals surface area contributed by atoms with Gasteiger partial charge in [0, 0.05) is 11.8 Å². The summed E-state index contributed by atoms with van der Waals surface area (Å²) in [6, 6.07) is 3.15. The van der Waals surface area contributed by atoms with E-state index >= 15 is 0 Å².